The van der Waals surface area contributed by atoms with Gasteiger partial charge in [0.25, 0.3) is 5.88 Å². The Hall–Kier alpha value is -3.35. The summed E-state index contributed by atoms with van der Waals surface area (Å²) in [4.78, 5) is 25.9. The zero-order valence-corrected chi connectivity index (χ0v) is 17.0. The van der Waals surface area contributed by atoms with Gasteiger partial charge in [-0.2, -0.15) is 0 Å². The first-order chi connectivity index (χ1) is 14.0. The number of nitrogens with one attached hydrogen (secondary N) is 1. The van der Waals surface area contributed by atoms with Gasteiger partial charge in [-0.1, -0.05) is 18.2 Å². The number of hydrogen-bond donors (Lipinski definition) is 1. The molecule has 2 amide bonds. The number of ether oxygens (including phenoxy) is 1. The summed E-state index contributed by atoms with van der Waals surface area (Å²) < 4.78 is 5.32. The fraction of sp³-hybridized carbons (Fsp3) is 0.318. The highest BCUT2D eigenvalue weighted by Gasteiger charge is 2.23. The van der Waals surface area contributed by atoms with Crippen molar-refractivity contribution in [3.8, 4) is 5.88 Å². The Balaban J connectivity index is 1.44. The molecule has 0 atom stereocenters. The number of piperazine rings is 1. The minimum Gasteiger partial charge on any atom is -0.478 e. The number of hydrogen-bond acceptors (Lipinski definition) is 5. The van der Waals surface area contributed by atoms with Crippen molar-refractivity contribution >= 4 is 28.6 Å². The fourth-order valence-corrected chi connectivity index (χ4v) is 3.69. The molecular formula is C22H25N5O2. The van der Waals surface area contributed by atoms with Gasteiger partial charge in [0, 0.05) is 31.9 Å². The lowest BCUT2D eigenvalue weighted by Crippen LogP contribution is -2.50. The number of methoxy groups -OCH3 is 1. The summed E-state index contributed by atoms with van der Waals surface area (Å²) in [7, 11) is 1.52. The van der Waals surface area contributed by atoms with E-state index in [1.54, 1.807) is 4.90 Å². The molecule has 0 saturated carbocycles. The zero-order chi connectivity index (χ0) is 20.4. The second-order valence-electron chi connectivity index (χ2n) is 7.32. The summed E-state index contributed by atoms with van der Waals surface area (Å²) >= 11 is 0. The summed E-state index contributed by atoms with van der Waals surface area (Å²) in [5.41, 5.74) is 5.15. The molecule has 3 aromatic rings. The lowest BCUT2D eigenvalue weighted by Gasteiger charge is -2.36. The lowest BCUT2D eigenvalue weighted by atomic mass is 10.1. The van der Waals surface area contributed by atoms with Crippen LogP contribution in [-0.4, -0.2) is 54.2 Å². The number of rotatable bonds is 3. The predicted octanol–water partition coefficient (Wildman–Crippen LogP) is 3.61. The number of carbonyl (C=O) groups excluding carboxylic acids is 1. The van der Waals surface area contributed by atoms with E-state index in [1.165, 1.54) is 23.9 Å². The Morgan fingerprint density at radius 1 is 0.966 bits per heavy atom. The maximum Gasteiger partial charge on any atom is 0.323 e. The van der Waals surface area contributed by atoms with Crippen LogP contribution in [0.3, 0.4) is 0 Å². The second-order valence-corrected chi connectivity index (χ2v) is 7.32. The van der Waals surface area contributed by atoms with E-state index in [-0.39, 0.29) is 6.03 Å². The number of fused-ring (bicyclic) bond motifs is 1. The average Bonchev–Trinajstić information content (AvgIpc) is 2.72. The van der Waals surface area contributed by atoms with Crippen LogP contribution in [0.5, 0.6) is 5.88 Å². The topological polar surface area (TPSA) is 70.6 Å². The van der Waals surface area contributed by atoms with Crippen molar-refractivity contribution in [2.24, 2.45) is 0 Å². The molecule has 2 aromatic carbocycles. The zero-order valence-electron chi connectivity index (χ0n) is 17.0. The molecule has 0 bridgehead atoms. The molecule has 1 fully saturated rings. The van der Waals surface area contributed by atoms with Crippen molar-refractivity contribution in [3.05, 3.63) is 53.6 Å². The molecule has 150 valence electrons. The van der Waals surface area contributed by atoms with Crippen LogP contribution in [0.4, 0.5) is 16.3 Å². The van der Waals surface area contributed by atoms with Gasteiger partial charge in [-0.25, -0.2) is 14.8 Å². The van der Waals surface area contributed by atoms with Crippen LogP contribution in [0, 0.1) is 13.8 Å². The summed E-state index contributed by atoms with van der Waals surface area (Å²) in [6.45, 7) is 7.08. The number of carbonyl (C=O) groups is 1. The average molecular weight is 391 g/mol. The maximum atomic E-state index is 12.8. The highest BCUT2D eigenvalue weighted by atomic mass is 16.5. The highest BCUT2D eigenvalue weighted by Crippen LogP contribution is 2.24. The molecule has 1 saturated heterocycles. The molecule has 7 nitrogen and oxygen atoms in total. The van der Waals surface area contributed by atoms with Crippen molar-refractivity contribution in [2.45, 2.75) is 13.8 Å². The minimum atomic E-state index is -0.187. The van der Waals surface area contributed by atoms with E-state index in [1.807, 2.05) is 24.3 Å². The van der Waals surface area contributed by atoms with Gasteiger partial charge in [0.2, 0.25) is 0 Å². The van der Waals surface area contributed by atoms with Crippen molar-refractivity contribution in [3.63, 3.8) is 0 Å². The molecule has 1 aliphatic heterocycles. The van der Waals surface area contributed by atoms with Gasteiger partial charge in [0.15, 0.2) is 5.82 Å². The van der Waals surface area contributed by atoms with Crippen LogP contribution < -0.4 is 15.0 Å². The summed E-state index contributed by atoms with van der Waals surface area (Å²) in [6.07, 6.45) is 0. The molecule has 0 radical (unpaired) electrons. The second kappa shape index (κ2) is 7.95. The van der Waals surface area contributed by atoms with Gasteiger partial charge in [0.1, 0.15) is 0 Å². The summed E-state index contributed by atoms with van der Waals surface area (Å²) in [6, 6.07) is 13.9. The Morgan fingerprint density at radius 3 is 2.21 bits per heavy atom. The van der Waals surface area contributed by atoms with Crippen LogP contribution in [0.2, 0.25) is 0 Å². The molecule has 7 heteroatoms. The first-order valence-corrected chi connectivity index (χ1v) is 9.73. The molecule has 4 rings (SSSR count). The van der Waals surface area contributed by atoms with Gasteiger partial charge in [-0.05, 0) is 49.2 Å². The minimum absolute atomic E-state index is 0.187. The molecule has 1 N–H and O–H groups in total. The number of urea groups is 1. The molecular weight excluding hydrogens is 366 g/mol. The van der Waals surface area contributed by atoms with Crippen molar-refractivity contribution in [2.75, 3.05) is 43.5 Å². The van der Waals surface area contributed by atoms with Gasteiger partial charge < -0.3 is 14.5 Å². The van der Waals surface area contributed by atoms with Crippen molar-refractivity contribution in [1.82, 2.24) is 14.9 Å². The van der Waals surface area contributed by atoms with E-state index in [0.29, 0.717) is 30.3 Å². The van der Waals surface area contributed by atoms with Gasteiger partial charge in [-0.15, -0.1) is 0 Å². The van der Waals surface area contributed by atoms with Crippen molar-refractivity contribution < 1.29 is 9.53 Å². The molecule has 0 aliphatic carbocycles. The van der Waals surface area contributed by atoms with Gasteiger partial charge in [0.05, 0.1) is 18.1 Å². The number of aromatic nitrogens is 2. The molecule has 2 heterocycles. The number of para-hydroxylation sites is 2. The Bertz CT molecular complexity index is 1020. The van der Waals surface area contributed by atoms with E-state index in [4.69, 9.17) is 4.74 Å². The Morgan fingerprint density at radius 2 is 1.59 bits per heavy atom. The quantitative estimate of drug-likeness (QED) is 0.739. The van der Waals surface area contributed by atoms with Crippen LogP contribution in [-0.2, 0) is 0 Å². The number of benzene rings is 2. The third-order valence-electron chi connectivity index (χ3n) is 5.10. The fourth-order valence-electron chi connectivity index (χ4n) is 3.69. The number of nitrogens with zero attached hydrogens (tertiary/aromatic N) is 4. The van der Waals surface area contributed by atoms with Crippen LogP contribution in [0.25, 0.3) is 11.0 Å². The van der Waals surface area contributed by atoms with Gasteiger partial charge >= 0.3 is 6.03 Å². The molecule has 29 heavy (non-hydrogen) atoms. The normalized spacial score (nSPS) is 14.2. The summed E-state index contributed by atoms with van der Waals surface area (Å²) in [5, 5.41) is 2.87. The molecule has 0 spiro atoms. The number of anilines is 2. The van der Waals surface area contributed by atoms with Crippen molar-refractivity contribution in [1.29, 1.82) is 0 Å². The largest absolute Gasteiger partial charge is 0.478 e. The third-order valence-corrected chi connectivity index (χ3v) is 5.10. The van der Waals surface area contributed by atoms with Crippen LogP contribution in [0.1, 0.15) is 11.1 Å². The maximum absolute atomic E-state index is 12.8. The Labute approximate surface area is 170 Å². The van der Waals surface area contributed by atoms with Gasteiger partial charge in [-0.3, -0.25) is 5.32 Å². The molecule has 1 aliphatic rings. The van der Waals surface area contributed by atoms with E-state index < -0.39 is 0 Å². The Kier molecular flexibility index (Phi) is 5.20. The van der Waals surface area contributed by atoms with E-state index >= 15 is 0 Å². The van der Waals surface area contributed by atoms with E-state index in [2.05, 4.69) is 52.2 Å². The third kappa shape index (κ3) is 4.08. The first kappa shape index (κ1) is 19.0. The smallest absolute Gasteiger partial charge is 0.323 e. The predicted molar refractivity (Wildman–Crippen MR) is 115 cm³/mol. The SMILES string of the molecule is COc1nc2ccccc2nc1NC(=O)N1CCN(c2cc(C)cc(C)c2)CC1. The highest BCUT2D eigenvalue weighted by molar-refractivity contribution is 5.91. The standard InChI is InChI=1S/C22H25N5O2/c1-15-12-16(2)14-17(13-15)26-8-10-27(11-9-26)22(28)25-20-21(29-3)24-19-7-5-4-6-18(19)23-20/h4-7,12-14H,8-11H2,1-3H3,(H,23,25,28). The molecule has 1 aromatic heterocycles. The van der Waals surface area contributed by atoms with Crippen LogP contribution in [0.15, 0.2) is 42.5 Å². The monoisotopic (exact) mass is 391 g/mol. The van der Waals surface area contributed by atoms with E-state index in [9.17, 15) is 4.79 Å². The number of aryl methyl sites for hydroxylation is 2. The first-order valence-electron chi connectivity index (χ1n) is 9.73. The van der Waals surface area contributed by atoms with E-state index in [0.717, 1.165) is 18.6 Å². The lowest BCUT2D eigenvalue weighted by molar-refractivity contribution is 0.208. The summed E-state index contributed by atoms with van der Waals surface area (Å²) in [5.74, 6) is 0.652. The molecule has 0 unspecified atom stereocenters. The number of amides is 2. The van der Waals surface area contributed by atoms with Crippen LogP contribution >= 0.6 is 0 Å².